The summed E-state index contributed by atoms with van der Waals surface area (Å²) in [6, 6.07) is 26.4. The Bertz CT molecular complexity index is 1100. The molecule has 0 N–H and O–H groups in total. The fraction of sp³-hybridized carbons (Fsp3) is 0.192. The lowest BCUT2D eigenvalue weighted by Crippen LogP contribution is -2.32. The van der Waals surface area contributed by atoms with Crippen LogP contribution in [0.5, 0.6) is 5.75 Å². The van der Waals surface area contributed by atoms with Crippen LogP contribution >= 0.6 is 11.3 Å². The molecule has 2 aromatic heterocycles. The minimum atomic E-state index is 0.139. The van der Waals surface area contributed by atoms with E-state index in [9.17, 15) is 4.79 Å². The van der Waals surface area contributed by atoms with E-state index in [1.807, 2.05) is 64.9 Å². The van der Waals surface area contributed by atoms with Crippen molar-refractivity contribution in [3.63, 3.8) is 0 Å². The van der Waals surface area contributed by atoms with E-state index >= 15 is 0 Å². The molecule has 4 rings (SSSR count). The van der Waals surface area contributed by atoms with Gasteiger partial charge in [-0.05, 0) is 46.8 Å². The van der Waals surface area contributed by atoms with E-state index < -0.39 is 0 Å². The number of benzene rings is 2. The quantitative estimate of drug-likeness (QED) is 0.357. The molecule has 0 aliphatic heterocycles. The zero-order valence-corrected chi connectivity index (χ0v) is 18.4. The van der Waals surface area contributed by atoms with Crippen molar-refractivity contribution in [1.82, 2.24) is 9.47 Å². The highest BCUT2D eigenvalue weighted by molar-refractivity contribution is 7.10. The molecular formula is C26H26N2O2S. The summed E-state index contributed by atoms with van der Waals surface area (Å²) in [6.45, 7) is 1.89. The number of aromatic nitrogens is 1. The monoisotopic (exact) mass is 430 g/mol. The first-order valence-electron chi connectivity index (χ1n) is 10.3. The second-order valence-corrected chi connectivity index (χ2v) is 8.50. The minimum Gasteiger partial charge on any atom is -0.497 e. The molecule has 0 aliphatic carbocycles. The molecule has 158 valence electrons. The summed E-state index contributed by atoms with van der Waals surface area (Å²) in [5.41, 5.74) is 3.41. The normalized spacial score (nSPS) is 10.7. The van der Waals surface area contributed by atoms with Crippen LogP contribution in [-0.2, 0) is 30.8 Å². The molecule has 0 unspecified atom stereocenters. The number of methoxy groups -OCH3 is 1. The van der Waals surface area contributed by atoms with E-state index in [4.69, 9.17) is 4.74 Å². The standard InChI is InChI=1S/C26H26N2O2S/c1-30-24-12-5-10-22(16-24)19-27-14-6-11-23(27)20-28(18-21-8-3-2-4-9-21)26(29)17-25-13-7-15-31-25/h2-16H,17-20H2,1H3. The van der Waals surface area contributed by atoms with E-state index in [0.717, 1.165) is 34.0 Å². The number of rotatable bonds is 9. The number of thiophene rings is 1. The highest BCUT2D eigenvalue weighted by atomic mass is 32.1. The number of nitrogens with zero attached hydrogens (tertiary/aromatic N) is 2. The van der Waals surface area contributed by atoms with Crippen molar-refractivity contribution in [2.75, 3.05) is 7.11 Å². The van der Waals surface area contributed by atoms with Crippen LogP contribution < -0.4 is 4.74 Å². The van der Waals surface area contributed by atoms with Crippen LogP contribution in [0.25, 0.3) is 0 Å². The number of amides is 1. The highest BCUT2D eigenvalue weighted by Gasteiger charge is 2.17. The van der Waals surface area contributed by atoms with Gasteiger partial charge in [0.25, 0.3) is 0 Å². The van der Waals surface area contributed by atoms with Crippen molar-refractivity contribution in [1.29, 1.82) is 0 Å². The van der Waals surface area contributed by atoms with Crippen LogP contribution in [0.15, 0.2) is 90.4 Å². The molecular weight excluding hydrogens is 404 g/mol. The van der Waals surface area contributed by atoms with Gasteiger partial charge in [-0.2, -0.15) is 0 Å². The number of ether oxygens (including phenoxy) is 1. The minimum absolute atomic E-state index is 0.139. The smallest absolute Gasteiger partial charge is 0.228 e. The lowest BCUT2D eigenvalue weighted by molar-refractivity contribution is -0.131. The Morgan fingerprint density at radius 1 is 0.935 bits per heavy atom. The van der Waals surface area contributed by atoms with Gasteiger partial charge in [0.05, 0.1) is 20.1 Å². The summed E-state index contributed by atoms with van der Waals surface area (Å²) in [5, 5.41) is 2.02. The predicted molar refractivity (Wildman–Crippen MR) is 125 cm³/mol. The Morgan fingerprint density at radius 2 is 1.77 bits per heavy atom. The predicted octanol–water partition coefficient (Wildman–Crippen LogP) is 5.38. The molecule has 2 heterocycles. The SMILES string of the molecule is COc1cccc(Cn2cccc2CN(Cc2ccccc2)C(=O)Cc2cccs2)c1. The first-order chi connectivity index (χ1) is 15.2. The van der Waals surface area contributed by atoms with Gasteiger partial charge in [0, 0.05) is 29.9 Å². The van der Waals surface area contributed by atoms with Gasteiger partial charge in [-0.1, -0.05) is 48.5 Å². The van der Waals surface area contributed by atoms with Gasteiger partial charge < -0.3 is 14.2 Å². The number of carbonyl (C=O) groups excluding carboxylic acids is 1. The van der Waals surface area contributed by atoms with E-state index in [1.54, 1.807) is 18.4 Å². The Balaban J connectivity index is 1.53. The van der Waals surface area contributed by atoms with E-state index in [1.165, 1.54) is 0 Å². The van der Waals surface area contributed by atoms with Crippen LogP contribution in [0.1, 0.15) is 21.7 Å². The van der Waals surface area contributed by atoms with Gasteiger partial charge in [0.1, 0.15) is 5.75 Å². The molecule has 0 aliphatic rings. The summed E-state index contributed by atoms with van der Waals surface area (Å²) < 4.78 is 7.56. The Kier molecular flexibility index (Phi) is 6.85. The van der Waals surface area contributed by atoms with Crippen LogP contribution in [0.3, 0.4) is 0 Å². The van der Waals surface area contributed by atoms with Crippen molar-refractivity contribution in [3.05, 3.63) is 112 Å². The molecule has 0 fully saturated rings. The molecule has 2 aromatic carbocycles. The average molecular weight is 431 g/mol. The van der Waals surface area contributed by atoms with Gasteiger partial charge >= 0.3 is 0 Å². The van der Waals surface area contributed by atoms with Gasteiger partial charge in [0.15, 0.2) is 0 Å². The molecule has 0 radical (unpaired) electrons. The van der Waals surface area contributed by atoms with Gasteiger partial charge in [-0.25, -0.2) is 0 Å². The maximum absolute atomic E-state index is 13.2. The molecule has 0 saturated carbocycles. The van der Waals surface area contributed by atoms with Crippen molar-refractivity contribution in [2.24, 2.45) is 0 Å². The Hall–Kier alpha value is -3.31. The fourth-order valence-electron chi connectivity index (χ4n) is 3.62. The van der Waals surface area contributed by atoms with Gasteiger partial charge in [0.2, 0.25) is 5.91 Å². The number of hydrogen-bond donors (Lipinski definition) is 0. The molecule has 1 amide bonds. The third kappa shape index (κ3) is 5.64. The van der Waals surface area contributed by atoms with Crippen LogP contribution in [0, 0.1) is 0 Å². The second-order valence-electron chi connectivity index (χ2n) is 7.47. The van der Waals surface area contributed by atoms with Gasteiger partial charge in [-0.15, -0.1) is 11.3 Å². The van der Waals surface area contributed by atoms with Crippen LogP contribution in [0.2, 0.25) is 0 Å². The molecule has 0 bridgehead atoms. The largest absolute Gasteiger partial charge is 0.497 e. The Labute approximate surface area is 187 Å². The van der Waals surface area contributed by atoms with Crippen LogP contribution in [-0.4, -0.2) is 22.5 Å². The lowest BCUT2D eigenvalue weighted by atomic mass is 10.2. The maximum atomic E-state index is 13.2. The topological polar surface area (TPSA) is 34.5 Å². The number of hydrogen-bond acceptors (Lipinski definition) is 3. The number of carbonyl (C=O) groups is 1. The first kappa shape index (κ1) is 20.9. The highest BCUT2D eigenvalue weighted by Crippen LogP contribution is 2.18. The maximum Gasteiger partial charge on any atom is 0.228 e. The molecule has 0 spiro atoms. The molecule has 4 nitrogen and oxygen atoms in total. The average Bonchev–Trinajstić information content (AvgIpc) is 3.46. The second kappa shape index (κ2) is 10.1. The van der Waals surface area contributed by atoms with Crippen LogP contribution in [0.4, 0.5) is 0 Å². The van der Waals surface area contributed by atoms with E-state index in [0.29, 0.717) is 19.5 Å². The lowest BCUT2D eigenvalue weighted by Gasteiger charge is -2.24. The first-order valence-corrected chi connectivity index (χ1v) is 11.2. The van der Waals surface area contributed by atoms with Gasteiger partial charge in [-0.3, -0.25) is 4.79 Å². The molecule has 0 saturated heterocycles. The summed E-state index contributed by atoms with van der Waals surface area (Å²) in [7, 11) is 1.68. The zero-order chi connectivity index (χ0) is 21.5. The molecule has 4 aromatic rings. The van der Waals surface area contributed by atoms with Crippen molar-refractivity contribution >= 4 is 17.2 Å². The van der Waals surface area contributed by atoms with E-state index in [2.05, 4.69) is 35.0 Å². The third-order valence-electron chi connectivity index (χ3n) is 5.24. The van der Waals surface area contributed by atoms with Crippen molar-refractivity contribution < 1.29 is 9.53 Å². The van der Waals surface area contributed by atoms with Crippen molar-refractivity contribution in [2.45, 2.75) is 26.1 Å². The summed E-state index contributed by atoms with van der Waals surface area (Å²) in [6.07, 6.45) is 2.50. The Morgan fingerprint density at radius 3 is 2.55 bits per heavy atom. The summed E-state index contributed by atoms with van der Waals surface area (Å²) in [4.78, 5) is 16.2. The molecule has 31 heavy (non-hydrogen) atoms. The third-order valence-corrected chi connectivity index (χ3v) is 6.11. The zero-order valence-electron chi connectivity index (χ0n) is 17.6. The van der Waals surface area contributed by atoms with E-state index in [-0.39, 0.29) is 5.91 Å². The summed E-state index contributed by atoms with van der Waals surface area (Å²) >= 11 is 1.63. The molecule has 0 atom stereocenters. The molecule has 5 heteroatoms. The fourth-order valence-corrected chi connectivity index (χ4v) is 4.32. The summed E-state index contributed by atoms with van der Waals surface area (Å²) in [5.74, 6) is 0.989. The van der Waals surface area contributed by atoms with Crippen molar-refractivity contribution in [3.8, 4) is 5.75 Å².